The molecule has 0 saturated heterocycles. The summed E-state index contributed by atoms with van der Waals surface area (Å²) in [6.45, 7) is 1.90. The predicted octanol–water partition coefficient (Wildman–Crippen LogP) is 1.26. The van der Waals surface area contributed by atoms with Crippen molar-refractivity contribution in [3.63, 3.8) is 0 Å². The Hall–Kier alpha value is -1.20. The van der Waals surface area contributed by atoms with Gasteiger partial charge < -0.3 is 5.11 Å². The van der Waals surface area contributed by atoms with Gasteiger partial charge in [-0.15, -0.1) is 11.3 Å². The van der Waals surface area contributed by atoms with Crippen molar-refractivity contribution < 1.29 is 5.11 Å². The summed E-state index contributed by atoms with van der Waals surface area (Å²) in [6.07, 6.45) is 2.61. The first-order valence-corrected chi connectivity index (χ1v) is 4.74. The van der Waals surface area contributed by atoms with Gasteiger partial charge >= 0.3 is 0 Å². The number of thiazole rings is 1. The van der Waals surface area contributed by atoms with Gasteiger partial charge in [-0.3, -0.25) is 5.10 Å². The highest BCUT2D eigenvalue weighted by Gasteiger charge is 2.14. The van der Waals surface area contributed by atoms with E-state index in [1.54, 1.807) is 12.4 Å². The van der Waals surface area contributed by atoms with Crippen molar-refractivity contribution >= 4 is 11.3 Å². The van der Waals surface area contributed by atoms with Crippen LogP contribution in [0.2, 0.25) is 0 Å². The molecule has 68 valence electrons. The molecule has 13 heavy (non-hydrogen) atoms. The third kappa shape index (κ3) is 1.61. The van der Waals surface area contributed by atoms with Crippen LogP contribution in [0.5, 0.6) is 0 Å². The minimum Gasteiger partial charge on any atom is -0.381 e. The Bertz CT molecular complexity index is 382. The Labute approximate surface area is 79.3 Å². The van der Waals surface area contributed by atoms with Crippen LogP contribution in [-0.4, -0.2) is 20.3 Å². The lowest BCUT2D eigenvalue weighted by Gasteiger charge is -2.02. The van der Waals surface area contributed by atoms with Crippen LogP contribution in [0.25, 0.3) is 0 Å². The fraction of sp³-hybridized carbons (Fsp3) is 0.250. The van der Waals surface area contributed by atoms with Crippen molar-refractivity contribution in [2.45, 2.75) is 13.0 Å². The highest BCUT2D eigenvalue weighted by atomic mass is 32.1. The first kappa shape index (κ1) is 8.40. The maximum atomic E-state index is 9.78. The van der Waals surface area contributed by atoms with Crippen LogP contribution in [0.4, 0.5) is 0 Å². The molecule has 1 unspecified atom stereocenters. The lowest BCUT2D eigenvalue weighted by Crippen LogP contribution is -1.97. The van der Waals surface area contributed by atoms with Crippen LogP contribution in [0.3, 0.4) is 0 Å². The van der Waals surface area contributed by atoms with Crippen molar-refractivity contribution in [3.05, 3.63) is 34.0 Å². The van der Waals surface area contributed by atoms with E-state index < -0.39 is 6.10 Å². The smallest absolute Gasteiger partial charge is 0.134 e. The molecule has 0 fully saturated rings. The first-order chi connectivity index (χ1) is 6.27. The van der Waals surface area contributed by atoms with Crippen LogP contribution in [0.15, 0.2) is 17.8 Å². The fourth-order valence-electron chi connectivity index (χ4n) is 1.05. The topological polar surface area (TPSA) is 61.8 Å². The van der Waals surface area contributed by atoms with Crippen LogP contribution in [0, 0.1) is 6.92 Å². The van der Waals surface area contributed by atoms with Gasteiger partial charge in [0, 0.05) is 22.8 Å². The standard InChI is InChI=1S/C8H9N3OS/c1-5-4-13-8(11-5)7(12)6-2-9-10-3-6/h2-4,7,12H,1H3,(H,9,10). The van der Waals surface area contributed by atoms with Gasteiger partial charge in [-0.25, -0.2) is 4.98 Å². The van der Waals surface area contributed by atoms with Gasteiger partial charge in [0.2, 0.25) is 0 Å². The molecular formula is C8H9N3OS. The summed E-state index contributed by atoms with van der Waals surface area (Å²) in [7, 11) is 0. The van der Waals surface area contributed by atoms with Crippen LogP contribution < -0.4 is 0 Å². The van der Waals surface area contributed by atoms with Crippen LogP contribution in [0.1, 0.15) is 22.4 Å². The van der Waals surface area contributed by atoms with Crippen molar-refractivity contribution in [1.82, 2.24) is 15.2 Å². The van der Waals surface area contributed by atoms with Gasteiger partial charge in [-0.2, -0.15) is 5.10 Å². The Morgan fingerprint density at radius 1 is 1.62 bits per heavy atom. The molecule has 1 atom stereocenters. The molecule has 2 N–H and O–H groups in total. The Kier molecular flexibility index (Phi) is 2.12. The number of nitrogens with zero attached hydrogens (tertiary/aromatic N) is 2. The average molecular weight is 195 g/mol. The molecule has 0 aliphatic rings. The molecule has 0 spiro atoms. The second-order valence-electron chi connectivity index (χ2n) is 2.76. The molecule has 0 saturated carbocycles. The van der Waals surface area contributed by atoms with E-state index in [1.807, 2.05) is 12.3 Å². The van der Waals surface area contributed by atoms with E-state index in [4.69, 9.17) is 0 Å². The number of nitrogens with one attached hydrogen (secondary N) is 1. The van der Waals surface area contributed by atoms with Gasteiger partial charge in [0.15, 0.2) is 0 Å². The van der Waals surface area contributed by atoms with E-state index in [2.05, 4.69) is 15.2 Å². The molecule has 2 aromatic rings. The minimum absolute atomic E-state index is 0.655. The lowest BCUT2D eigenvalue weighted by atomic mass is 10.2. The summed E-state index contributed by atoms with van der Waals surface area (Å²) in [6, 6.07) is 0. The number of hydrogen-bond acceptors (Lipinski definition) is 4. The van der Waals surface area contributed by atoms with E-state index in [1.165, 1.54) is 11.3 Å². The quantitative estimate of drug-likeness (QED) is 0.758. The average Bonchev–Trinajstić information content (AvgIpc) is 2.72. The van der Waals surface area contributed by atoms with E-state index >= 15 is 0 Å². The molecule has 0 aromatic carbocycles. The maximum absolute atomic E-state index is 9.78. The first-order valence-electron chi connectivity index (χ1n) is 3.86. The zero-order chi connectivity index (χ0) is 9.26. The minimum atomic E-state index is -0.655. The largest absolute Gasteiger partial charge is 0.381 e. The van der Waals surface area contributed by atoms with Crippen molar-refractivity contribution in [3.8, 4) is 0 Å². The Morgan fingerprint density at radius 3 is 3.00 bits per heavy atom. The number of aromatic nitrogens is 3. The zero-order valence-corrected chi connectivity index (χ0v) is 7.88. The van der Waals surface area contributed by atoms with Gasteiger partial charge in [0.25, 0.3) is 0 Å². The summed E-state index contributed by atoms with van der Waals surface area (Å²) in [5, 5.41) is 18.8. The predicted molar refractivity (Wildman–Crippen MR) is 49.5 cm³/mol. The Morgan fingerprint density at radius 2 is 2.46 bits per heavy atom. The SMILES string of the molecule is Cc1csc(C(O)c2cn[nH]c2)n1. The second-order valence-corrected chi connectivity index (χ2v) is 3.65. The third-order valence-electron chi connectivity index (χ3n) is 1.71. The fourth-order valence-corrected chi connectivity index (χ4v) is 1.86. The molecule has 0 amide bonds. The highest BCUT2D eigenvalue weighted by Crippen LogP contribution is 2.23. The summed E-state index contributed by atoms with van der Waals surface area (Å²) in [5.41, 5.74) is 1.68. The highest BCUT2D eigenvalue weighted by molar-refractivity contribution is 7.09. The number of rotatable bonds is 2. The van der Waals surface area contributed by atoms with Crippen LogP contribution in [-0.2, 0) is 0 Å². The number of H-pyrrole nitrogens is 1. The molecular weight excluding hydrogens is 186 g/mol. The van der Waals surface area contributed by atoms with E-state index in [-0.39, 0.29) is 0 Å². The molecule has 0 bridgehead atoms. The van der Waals surface area contributed by atoms with Crippen LogP contribution >= 0.6 is 11.3 Å². The summed E-state index contributed by atoms with van der Waals surface area (Å²) < 4.78 is 0. The Balaban J connectivity index is 2.28. The van der Waals surface area contributed by atoms with Crippen molar-refractivity contribution in [1.29, 1.82) is 0 Å². The molecule has 0 aliphatic carbocycles. The molecule has 0 radical (unpaired) electrons. The molecule has 2 rings (SSSR count). The molecule has 2 aromatic heterocycles. The van der Waals surface area contributed by atoms with Gasteiger partial charge in [0.1, 0.15) is 11.1 Å². The number of aryl methyl sites for hydroxylation is 1. The molecule has 0 aliphatic heterocycles. The molecule has 5 heteroatoms. The zero-order valence-electron chi connectivity index (χ0n) is 7.06. The van der Waals surface area contributed by atoms with Crippen molar-refractivity contribution in [2.75, 3.05) is 0 Å². The van der Waals surface area contributed by atoms with Gasteiger partial charge in [-0.05, 0) is 6.92 Å². The summed E-state index contributed by atoms with van der Waals surface area (Å²) >= 11 is 1.45. The maximum Gasteiger partial charge on any atom is 0.134 e. The lowest BCUT2D eigenvalue weighted by molar-refractivity contribution is 0.219. The summed E-state index contributed by atoms with van der Waals surface area (Å²) in [5.74, 6) is 0. The number of hydrogen-bond donors (Lipinski definition) is 2. The van der Waals surface area contributed by atoms with E-state index in [0.717, 1.165) is 11.3 Å². The monoisotopic (exact) mass is 195 g/mol. The normalized spacial score (nSPS) is 13.1. The molecule has 4 nitrogen and oxygen atoms in total. The van der Waals surface area contributed by atoms with Gasteiger partial charge in [-0.1, -0.05) is 0 Å². The second kappa shape index (κ2) is 3.27. The number of aliphatic hydroxyl groups excluding tert-OH is 1. The summed E-state index contributed by atoms with van der Waals surface area (Å²) in [4.78, 5) is 4.19. The van der Waals surface area contributed by atoms with Gasteiger partial charge in [0.05, 0.1) is 6.20 Å². The van der Waals surface area contributed by atoms with Crippen molar-refractivity contribution in [2.24, 2.45) is 0 Å². The third-order valence-corrected chi connectivity index (χ3v) is 2.72. The number of aliphatic hydroxyl groups is 1. The van der Waals surface area contributed by atoms with E-state index in [0.29, 0.717) is 5.01 Å². The number of aromatic amines is 1. The van der Waals surface area contributed by atoms with E-state index in [9.17, 15) is 5.11 Å². The molecule has 2 heterocycles.